The van der Waals surface area contributed by atoms with Gasteiger partial charge in [0.15, 0.2) is 5.78 Å². The summed E-state index contributed by atoms with van der Waals surface area (Å²) in [5, 5.41) is 0. The summed E-state index contributed by atoms with van der Waals surface area (Å²) in [5.74, 6) is -1.88. The number of hydrogen-bond acceptors (Lipinski definition) is 6. The molecule has 1 aromatic carbocycles. The Hall–Kier alpha value is -1.31. The van der Waals surface area contributed by atoms with Crippen LogP contribution in [0.3, 0.4) is 0 Å². The van der Waals surface area contributed by atoms with Gasteiger partial charge in [-0.05, 0) is 19.4 Å². The minimum absolute atomic E-state index is 0.0299. The van der Waals surface area contributed by atoms with Crippen LogP contribution in [0.25, 0.3) is 0 Å². The van der Waals surface area contributed by atoms with Gasteiger partial charge in [0.1, 0.15) is 6.10 Å². The maximum atomic E-state index is 12.6. The van der Waals surface area contributed by atoms with E-state index in [-0.39, 0.29) is 30.1 Å². The van der Waals surface area contributed by atoms with Gasteiger partial charge >= 0.3 is 0 Å². The summed E-state index contributed by atoms with van der Waals surface area (Å²) in [5.41, 5.74) is 1.19. The molecule has 0 radical (unpaired) electrons. The summed E-state index contributed by atoms with van der Waals surface area (Å²) in [7, 11) is 3.15. The van der Waals surface area contributed by atoms with E-state index in [0.717, 1.165) is 6.54 Å². The molecular weight excluding hydrogens is 322 g/mol. The fraction of sp³-hybridized carbons (Fsp3) is 0.632. The molecule has 0 bridgehead atoms. The third kappa shape index (κ3) is 2.55. The van der Waals surface area contributed by atoms with Gasteiger partial charge in [0.2, 0.25) is 11.6 Å². The molecular formula is C19H25NO5. The highest BCUT2D eigenvalue weighted by Crippen LogP contribution is 2.49. The van der Waals surface area contributed by atoms with Crippen molar-refractivity contribution >= 4 is 5.78 Å². The van der Waals surface area contributed by atoms with Crippen molar-refractivity contribution in [3.63, 3.8) is 0 Å². The molecule has 6 nitrogen and oxygen atoms in total. The average molecular weight is 347 g/mol. The number of carbonyl (C=O) groups excluding carboxylic acids is 1. The topological polar surface area (TPSA) is 57.0 Å². The molecule has 2 heterocycles. The van der Waals surface area contributed by atoms with E-state index in [1.807, 2.05) is 25.1 Å². The minimum Gasteiger partial charge on any atom is -0.349 e. The molecule has 2 saturated heterocycles. The van der Waals surface area contributed by atoms with E-state index in [2.05, 4.69) is 17.0 Å². The first-order chi connectivity index (χ1) is 11.9. The van der Waals surface area contributed by atoms with Crippen molar-refractivity contribution in [2.24, 2.45) is 0 Å². The lowest BCUT2D eigenvalue weighted by Crippen LogP contribution is -2.67. The van der Waals surface area contributed by atoms with Crippen LogP contribution in [-0.4, -0.2) is 60.8 Å². The molecule has 1 aromatic rings. The molecule has 0 amide bonds. The molecule has 0 spiro atoms. The van der Waals surface area contributed by atoms with Crippen LogP contribution in [0, 0.1) is 0 Å². The zero-order valence-electron chi connectivity index (χ0n) is 15.1. The minimum atomic E-state index is -1.06. The van der Waals surface area contributed by atoms with Crippen LogP contribution >= 0.6 is 0 Å². The maximum absolute atomic E-state index is 12.6. The monoisotopic (exact) mass is 347 g/mol. The number of nitrogens with zero attached hydrogens (tertiary/aromatic N) is 1. The van der Waals surface area contributed by atoms with E-state index >= 15 is 0 Å². The SMILES string of the molecule is CO[C@@]1(C)OC2CC(=O)[C@H]3[C@@H](C2O[C@]1(C)OC)N3Cc1ccccc1. The predicted octanol–water partition coefficient (Wildman–Crippen LogP) is 1.72. The van der Waals surface area contributed by atoms with Crippen molar-refractivity contribution in [1.29, 1.82) is 0 Å². The number of fused-ring (bicyclic) bond motifs is 3. The summed E-state index contributed by atoms with van der Waals surface area (Å²) < 4.78 is 23.7. The number of benzene rings is 1. The molecule has 25 heavy (non-hydrogen) atoms. The summed E-state index contributed by atoms with van der Waals surface area (Å²) in [4.78, 5) is 14.8. The molecule has 1 aliphatic carbocycles. The zero-order valence-corrected chi connectivity index (χ0v) is 15.1. The third-order valence-corrected chi connectivity index (χ3v) is 5.96. The highest BCUT2D eigenvalue weighted by atomic mass is 16.8. The van der Waals surface area contributed by atoms with Crippen molar-refractivity contribution < 1.29 is 23.7 Å². The van der Waals surface area contributed by atoms with Crippen LogP contribution in [0.15, 0.2) is 30.3 Å². The molecule has 0 N–H and O–H groups in total. The number of rotatable bonds is 4. The zero-order chi connectivity index (χ0) is 17.8. The Morgan fingerprint density at radius 3 is 2.40 bits per heavy atom. The molecule has 3 unspecified atom stereocenters. The van der Waals surface area contributed by atoms with Gasteiger partial charge in [-0.2, -0.15) is 0 Å². The number of ether oxygens (including phenoxy) is 4. The van der Waals surface area contributed by atoms with Gasteiger partial charge in [-0.25, -0.2) is 0 Å². The van der Waals surface area contributed by atoms with Gasteiger partial charge in [0.25, 0.3) is 0 Å². The molecule has 3 fully saturated rings. The lowest BCUT2D eigenvalue weighted by atomic mass is 9.90. The smallest absolute Gasteiger partial charge is 0.220 e. The predicted molar refractivity (Wildman–Crippen MR) is 89.8 cm³/mol. The van der Waals surface area contributed by atoms with Crippen molar-refractivity contribution in [2.75, 3.05) is 14.2 Å². The first-order valence-corrected chi connectivity index (χ1v) is 8.71. The van der Waals surface area contributed by atoms with Crippen molar-refractivity contribution in [3.8, 4) is 0 Å². The second-order valence-electron chi connectivity index (χ2n) is 7.30. The Morgan fingerprint density at radius 2 is 1.76 bits per heavy atom. The standard InChI is InChI=1S/C19H25NO5/c1-18(22-3)19(2,23-4)25-17-14(24-18)10-13(21)15-16(17)20(15)11-12-8-6-5-7-9-12/h5-9,14-17H,10-11H2,1-4H3/t14?,15-,16-,17?,18-,19-,20?/m0/s1. The Labute approximate surface area is 148 Å². The Kier molecular flexibility index (Phi) is 4.01. The third-order valence-electron chi connectivity index (χ3n) is 5.96. The first kappa shape index (κ1) is 17.1. The summed E-state index contributed by atoms with van der Waals surface area (Å²) in [6.45, 7) is 4.35. The lowest BCUT2D eigenvalue weighted by Gasteiger charge is -2.52. The van der Waals surface area contributed by atoms with E-state index in [1.165, 1.54) is 5.56 Å². The van der Waals surface area contributed by atoms with Crippen molar-refractivity contribution in [3.05, 3.63) is 35.9 Å². The number of carbonyl (C=O) groups is 1. The highest BCUT2D eigenvalue weighted by molar-refractivity contribution is 5.89. The fourth-order valence-electron chi connectivity index (χ4n) is 4.18. The van der Waals surface area contributed by atoms with Crippen molar-refractivity contribution in [2.45, 2.75) is 62.7 Å². The van der Waals surface area contributed by atoms with E-state index in [1.54, 1.807) is 21.1 Å². The lowest BCUT2D eigenvalue weighted by molar-refractivity contribution is -0.448. The number of hydrogen-bond donors (Lipinski definition) is 0. The van der Waals surface area contributed by atoms with Crippen LogP contribution in [0.1, 0.15) is 25.8 Å². The Balaban J connectivity index is 1.57. The van der Waals surface area contributed by atoms with Gasteiger partial charge in [-0.15, -0.1) is 0 Å². The van der Waals surface area contributed by atoms with Gasteiger partial charge in [0, 0.05) is 27.2 Å². The fourth-order valence-corrected chi connectivity index (χ4v) is 4.18. The highest BCUT2D eigenvalue weighted by Gasteiger charge is 2.68. The van der Waals surface area contributed by atoms with Crippen LogP contribution in [0.4, 0.5) is 0 Å². The number of methoxy groups -OCH3 is 2. The molecule has 7 atom stereocenters. The molecule has 0 aromatic heterocycles. The summed E-state index contributed by atoms with van der Waals surface area (Å²) >= 11 is 0. The Bertz CT molecular complexity index is 667. The van der Waals surface area contributed by atoms with E-state index in [0.29, 0.717) is 6.42 Å². The van der Waals surface area contributed by atoms with Crippen LogP contribution in [0.2, 0.25) is 0 Å². The van der Waals surface area contributed by atoms with E-state index in [4.69, 9.17) is 18.9 Å². The largest absolute Gasteiger partial charge is 0.349 e. The molecule has 4 rings (SSSR count). The molecule has 2 aliphatic heterocycles. The van der Waals surface area contributed by atoms with E-state index < -0.39 is 11.6 Å². The quantitative estimate of drug-likeness (QED) is 0.773. The second kappa shape index (κ2) is 5.86. The normalized spacial score (nSPS) is 45.6. The second-order valence-corrected chi connectivity index (χ2v) is 7.30. The molecule has 3 aliphatic rings. The summed E-state index contributed by atoms with van der Waals surface area (Å²) in [6.07, 6.45) is -0.183. The maximum Gasteiger partial charge on any atom is 0.220 e. The van der Waals surface area contributed by atoms with Crippen LogP contribution < -0.4 is 0 Å². The van der Waals surface area contributed by atoms with Crippen LogP contribution in [0.5, 0.6) is 0 Å². The molecule has 136 valence electrons. The first-order valence-electron chi connectivity index (χ1n) is 8.71. The number of likely N-dealkylation sites (tertiary alicyclic amines) is 1. The van der Waals surface area contributed by atoms with Gasteiger partial charge in [-0.3, -0.25) is 9.69 Å². The van der Waals surface area contributed by atoms with E-state index in [9.17, 15) is 4.79 Å². The molecule has 6 heteroatoms. The Morgan fingerprint density at radius 1 is 1.12 bits per heavy atom. The number of Topliss-reactive ketones (excluding diaryl/α,β-unsaturated/α-hetero) is 1. The number of ketones is 1. The summed E-state index contributed by atoms with van der Waals surface area (Å²) in [6, 6.07) is 10.1. The van der Waals surface area contributed by atoms with Gasteiger partial charge < -0.3 is 18.9 Å². The van der Waals surface area contributed by atoms with Gasteiger partial charge in [0.05, 0.1) is 18.2 Å². The van der Waals surface area contributed by atoms with Crippen LogP contribution in [-0.2, 0) is 30.3 Å². The molecule has 1 saturated carbocycles. The average Bonchev–Trinajstić information content (AvgIpc) is 3.32. The van der Waals surface area contributed by atoms with Crippen molar-refractivity contribution in [1.82, 2.24) is 4.90 Å². The van der Waals surface area contributed by atoms with Gasteiger partial charge in [-0.1, -0.05) is 30.3 Å².